The summed E-state index contributed by atoms with van der Waals surface area (Å²) in [6.07, 6.45) is 2.63. The van der Waals surface area contributed by atoms with Crippen LogP contribution < -0.4 is 4.72 Å². The normalized spacial score (nSPS) is 11.8. The van der Waals surface area contributed by atoms with Gasteiger partial charge in [0.05, 0.1) is 28.0 Å². The molecule has 3 aromatic rings. The average Bonchev–Trinajstić information content (AvgIpc) is 2.92. The molecule has 0 bridgehead atoms. The molecule has 138 valence electrons. The van der Waals surface area contributed by atoms with Crippen LogP contribution in [0.1, 0.15) is 18.3 Å². The number of anilines is 1. The van der Waals surface area contributed by atoms with Gasteiger partial charge in [-0.3, -0.25) is 9.29 Å². The highest BCUT2D eigenvalue weighted by atomic mass is 35.5. The summed E-state index contributed by atoms with van der Waals surface area (Å²) in [7, 11) is -3.42. The fourth-order valence-electron chi connectivity index (χ4n) is 2.87. The third-order valence-corrected chi connectivity index (χ3v) is 5.09. The van der Waals surface area contributed by atoms with Crippen LogP contribution in [0.5, 0.6) is 0 Å². The van der Waals surface area contributed by atoms with Crippen molar-refractivity contribution in [1.29, 1.82) is 0 Å². The Labute approximate surface area is 163 Å². The predicted molar refractivity (Wildman–Crippen MR) is 108 cm³/mol. The molecule has 0 spiro atoms. The SMILES string of the molecule is CCc1nc2cc(NS(C)(=O)=O)c(Cl)cc2n1-c1ccc(CCCl)cc1. The minimum atomic E-state index is -3.42. The number of alkyl halides is 1. The van der Waals surface area contributed by atoms with Gasteiger partial charge in [-0.05, 0) is 36.2 Å². The van der Waals surface area contributed by atoms with Gasteiger partial charge >= 0.3 is 0 Å². The van der Waals surface area contributed by atoms with Crippen molar-refractivity contribution in [3.05, 3.63) is 52.8 Å². The number of nitrogens with one attached hydrogen (secondary N) is 1. The summed E-state index contributed by atoms with van der Waals surface area (Å²) in [5.41, 5.74) is 3.98. The molecule has 0 radical (unpaired) electrons. The van der Waals surface area contributed by atoms with E-state index in [1.165, 1.54) is 5.56 Å². The van der Waals surface area contributed by atoms with Gasteiger partial charge in [-0.2, -0.15) is 0 Å². The second kappa shape index (κ2) is 7.47. The highest BCUT2D eigenvalue weighted by molar-refractivity contribution is 7.92. The molecule has 0 aliphatic rings. The van der Waals surface area contributed by atoms with E-state index in [-0.39, 0.29) is 0 Å². The lowest BCUT2D eigenvalue weighted by Gasteiger charge is -2.10. The number of fused-ring (bicyclic) bond motifs is 1. The van der Waals surface area contributed by atoms with Crippen molar-refractivity contribution in [2.45, 2.75) is 19.8 Å². The van der Waals surface area contributed by atoms with E-state index in [2.05, 4.69) is 9.71 Å². The smallest absolute Gasteiger partial charge is 0.229 e. The van der Waals surface area contributed by atoms with E-state index in [0.717, 1.165) is 36.1 Å². The molecule has 3 rings (SSSR count). The van der Waals surface area contributed by atoms with Crippen molar-refractivity contribution in [2.24, 2.45) is 0 Å². The summed E-state index contributed by atoms with van der Waals surface area (Å²) < 4.78 is 27.5. The van der Waals surface area contributed by atoms with E-state index in [4.69, 9.17) is 23.2 Å². The first-order chi connectivity index (χ1) is 12.3. The van der Waals surface area contributed by atoms with Crippen LogP contribution in [0.25, 0.3) is 16.7 Å². The summed E-state index contributed by atoms with van der Waals surface area (Å²) in [6, 6.07) is 11.5. The Morgan fingerprint density at radius 1 is 1.19 bits per heavy atom. The number of benzene rings is 2. The van der Waals surface area contributed by atoms with E-state index in [0.29, 0.717) is 22.1 Å². The van der Waals surface area contributed by atoms with Gasteiger partial charge in [-0.25, -0.2) is 13.4 Å². The molecule has 26 heavy (non-hydrogen) atoms. The molecule has 0 amide bonds. The lowest BCUT2D eigenvalue weighted by atomic mass is 10.1. The molecule has 0 unspecified atom stereocenters. The maximum atomic E-state index is 11.5. The number of hydrogen-bond donors (Lipinski definition) is 1. The number of hydrogen-bond acceptors (Lipinski definition) is 3. The van der Waals surface area contributed by atoms with Gasteiger partial charge in [0.25, 0.3) is 0 Å². The second-order valence-corrected chi connectivity index (χ2v) is 8.55. The second-order valence-electron chi connectivity index (χ2n) is 6.02. The number of nitrogens with zero attached hydrogens (tertiary/aromatic N) is 2. The van der Waals surface area contributed by atoms with Crippen molar-refractivity contribution in [1.82, 2.24) is 9.55 Å². The van der Waals surface area contributed by atoms with Crippen LogP contribution in [0.4, 0.5) is 5.69 Å². The highest BCUT2D eigenvalue weighted by Gasteiger charge is 2.15. The van der Waals surface area contributed by atoms with Crippen LogP contribution in [-0.4, -0.2) is 30.1 Å². The lowest BCUT2D eigenvalue weighted by Crippen LogP contribution is -2.09. The first kappa shape index (κ1) is 19.0. The highest BCUT2D eigenvalue weighted by Crippen LogP contribution is 2.31. The standard InChI is InChI=1S/C18H19Cl2N3O2S/c1-3-18-21-16-11-15(22-26(2,24)25)14(20)10-17(16)23(18)13-6-4-12(5-7-13)8-9-19/h4-7,10-11,22H,3,8-9H2,1-2H3. The number of sulfonamides is 1. The largest absolute Gasteiger partial charge is 0.296 e. The van der Waals surface area contributed by atoms with Crippen LogP contribution >= 0.6 is 23.2 Å². The van der Waals surface area contributed by atoms with Crippen molar-refractivity contribution in [3.63, 3.8) is 0 Å². The first-order valence-electron chi connectivity index (χ1n) is 8.16. The number of aromatic nitrogens is 2. The van der Waals surface area contributed by atoms with Crippen molar-refractivity contribution >= 4 is 49.9 Å². The van der Waals surface area contributed by atoms with Crippen molar-refractivity contribution < 1.29 is 8.42 Å². The summed E-state index contributed by atoms with van der Waals surface area (Å²) in [5.74, 6) is 1.46. The van der Waals surface area contributed by atoms with Gasteiger partial charge in [0.1, 0.15) is 5.82 Å². The minimum absolute atomic E-state index is 0.325. The summed E-state index contributed by atoms with van der Waals surface area (Å²) in [5, 5.41) is 0.325. The first-order valence-corrected chi connectivity index (χ1v) is 11.0. The number of rotatable bonds is 6. The monoisotopic (exact) mass is 411 g/mol. The molecule has 0 aliphatic carbocycles. The van der Waals surface area contributed by atoms with Crippen LogP contribution in [-0.2, 0) is 22.9 Å². The zero-order chi connectivity index (χ0) is 18.9. The Kier molecular flexibility index (Phi) is 5.46. The van der Waals surface area contributed by atoms with Gasteiger partial charge in [0.2, 0.25) is 10.0 Å². The molecule has 1 N–H and O–H groups in total. The van der Waals surface area contributed by atoms with E-state index in [9.17, 15) is 8.42 Å². The van der Waals surface area contributed by atoms with Crippen LogP contribution in [0.3, 0.4) is 0 Å². The molecular weight excluding hydrogens is 393 g/mol. The van der Waals surface area contributed by atoms with Gasteiger partial charge in [-0.1, -0.05) is 30.7 Å². The molecular formula is C18H19Cl2N3O2S. The van der Waals surface area contributed by atoms with Crippen LogP contribution in [0.2, 0.25) is 5.02 Å². The average molecular weight is 412 g/mol. The minimum Gasteiger partial charge on any atom is -0.296 e. The van der Waals surface area contributed by atoms with Gasteiger partial charge < -0.3 is 0 Å². The maximum Gasteiger partial charge on any atom is 0.229 e. The van der Waals surface area contributed by atoms with E-state index in [1.807, 2.05) is 35.8 Å². The molecule has 8 heteroatoms. The number of aryl methyl sites for hydroxylation is 2. The fraction of sp³-hybridized carbons (Fsp3) is 0.278. The zero-order valence-corrected chi connectivity index (χ0v) is 16.8. The third kappa shape index (κ3) is 3.98. The molecule has 0 saturated heterocycles. The van der Waals surface area contributed by atoms with Gasteiger partial charge in [0.15, 0.2) is 0 Å². The molecule has 5 nitrogen and oxygen atoms in total. The molecule has 0 fully saturated rings. The molecule has 0 saturated carbocycles. The van der Waals surface area contributed by atoms with Gasteiger partial charge in [-0.15, -0.1) is 11.6 Å². The predicted octanol–water partition coefficient (Wildman–Crippen LogP) is 4.39. The Bertz CT molecular complexity index is 1040. The van der Waals surface area contributed by atoms with Crippen LogP contribution in [0, 0.1) is 0 Å². The van der Waals surface area contributed by atoms with E-state index in [1.54, 1.807) is 12.1 Å². The Morgan fingerprint density at radius 2 is 1.88 bits per heavy atom. The Hall–Kier alpha value is -1.76. The molecule has 2 aromatic carbocycles. The maximum absolute atomic E-state index is 11.5. The van der Waals surface area contributed by atoms with Crippen molar-refractivity contribution in [3.8, 4) is 5.69 Å². The lowest BCUT2D eigenvalue weighted by molar-refractivity contribution is 0.607. The number of halogens is 2. The topological polar surface area (TPSA) is 64.0 Å². The van der Waals surface area contributed by atoms with Crippen molar-refractivity contribution in [2.75, 3.05) is 16.9 Å². The third-order valence-electron chi connectivity index (χ3n) is 4.00. The van der Waals surface area contributed by atoms with E-state index >= 15 is 0 Å². The Morgan fingerprint density at radius 3 is 2.46 bits per heavy atom. The fourth-order valence-corrected chi connectivity index (χ4v) is 3.92. The molecule has 0 atom stereocenters. The van der Waals surface area contributed by atoms with E-state index < -0.39 is 10.0 Å². The Balaban J connectivity index is 2.14. The van der Waals surface area contributed by atoms with Gasteiger partial charge in [0, 0.05) is 18.0 Å². The molecule has 0 aliphatic heterocycles. The quantitative estimate of drug-likeness (QED) is 0.611. The molecule has 1 aromatic heterocycles. The summed E-state index contributed by atoms with van der Waals surface area (Å²) >= 11 is 12.1. The van der Waals surface area contributed by atoms with Crippen LogP contribution in [0.15, 0.2) is 36.4 Å². The summed E-state index contributed by atoms with van der Waals surface area (Å²) in [6.45, 7) is 2.02. The summed E-state index contributed by atoms with van der Waals surface area (Å²) in [4.78, 5) is 4.65. The molecule has 1 heterocycles. The number of imidazole rings is 1. The zero-order valence-electron chi connectivity index (χ0n) is 14.5.